The molecule has 2 N–H and O–H groups in total. The lowest BCUT2D eigenvalue weighted by Crippen LogP contribution is -2.38. The van der Waals surface area contributed by atoms with Crippen LogP contribution in [-0.4, -0.2) is 54.6 Å². The molecule has 8 nitrogen and oxygen atoms in total. The van der Waals surface area contributed by atoms with Crippen molar-refractivity contribution in [2.24, 2.45) is 17.3 Å². The summed E-state index contributed by atoms with van der Waals surface area (Å²) in [7, 11) is 0. The van der Waals surface area contributed by atoms with Gasteiger partial charge < -0.3 is 15.2 Å². The molecule has 1 saturated carbocycles. The summed E-state index contributed by atoms with van der Waals surface area (Å²) in [5.41, 5.74) is -1.90. The first kappa shape index (κ1) is 34.6. The van der Waals surface area contributed by atoms with Gasteiger partial charge in [0.15, 0.2) is 5.69 Å². The number of aromatic nitrogens is 2. The maximum atomic E-state index is 13.4. The standard InChI is InChI=1S/C26H33ClF5N3O3.O2S/c1-5-35-22(20(27)21(34-35)23(37)33-13-16-8-6-14(2)10-18(16)36)17-9-7-15(11-19(17)38-24(28)29)12-25(3,4)26(30,31)32;1-3-2/h7,9,11,14,16,18,24,36H,5-6,8,10,12-13H2,1-4H3,(H,33,37);/t14-,16-,18+;/m0./s1. The van der Waals surface area contributed by atoms with Gasteiger partial charge in [0.1, 0.15) is 5.75 Å². The Morgan fingerprint density at radius 1 is 1.27 bits per heavy atom. The van der Waals surface area contributed by atoms with Crippen LogP contribution in [-0.2, 0) is 24.5 Å². The predicted octanol–water partition coefficient (Wildman–Crippen LogP) is 5.81. The van der Waals surface area contributed by atoms with Crippen LogP contribution in [0, 0.1) is 17.3 Å². The molecular weight excluding hydrogens is 597 g/mol. The lowest BCUT2D eigenvalue weighted by molar-refractivity contribution is -0.211. The minimum absolute atomic E-state index is 0.0638. The van der Waals surface area contributed by atoms with E-state index < -0.39 is 48.2 Å². The highest BCUT2D eigenvalue weighted by Crippen LogP contribution is 2.43. The van der Waals surface area contributed by atoms with E-state index >= 15 is 0 Å². The number of amides is 1. The molecule has 41 heavy (non-hydrogen) atoms. The average Bonchev–Trinajstić information content (AvgIpc) is 3.19. The number of rotatable bonds is 9. The van der Waals surface area contributed by atoms with E-state index in [1.165, 1.54) is 16.8 Å². The largest absolute Gasteiger partial charge is 0.434 e. The molecule has 0 saturated heterocycles. The van der Waals surface area contributed by atoms with Gasteiger partial charge in [-0.25, -0.2) is 0 Å². The summed E-state index contributed by atoms with van der Waals surface area (Å²) in [5, 5.41) is 17.2. The quantitative estimate of drug-likeness (QED) is 0.339. The highest BCUT2D eigenvalue weighted by molar-refractivity contribution is 7.51. The van der Waals surface area contributed by atoms with Gasteiger partial charge in [0.25, 0.3) is 5.91 Å². The minimum Gasteiger partial charge on any atom is -0.434 e. The van der Waals surface area contributed by atoms with Gasteiger partial charge in [0.2, 0.25) is 0 Å². The van der Waals surface area contributed by atoms with Crippen molar-refractivity contribution in [3.05, 3.63) is 34.5 Å². The van der Waals surface area contributed by atoms with E-state index in [1.54, 1.807) is 6.92 Å². The fraction of sp³-hybridized carbons (Fsp3) is 0.615. The van der Waals surface area contributed by atoms with E-state index in [0.717, 1.165) is 32.8 Å². The van der Waals surface area contributed by atoms with E-state index in [1.807, 2.05) is 0 Å². The molecule has 1 aliphatic rings. The zero-order valence-corrected chi connectivity index (χ0v) is 24.5. The fourth-order valence-electron chi connectivity index (χ4n) is 4.71. The molecule has 0 unspecified atom stereocenters. The van der Waals surface area contributed by atoms with Crippen LogP contribution in [0.3, 0.4) is 0 Å². The molecule has 3 atom stereocenters. The third-order valence-electron chi connectivity index (χ3n) is 7.08. The number of carbonyl (C=O) groups is 1. The molecule has 0 aliphatic heterocycles. The molecular formula is C26H33ClF5N3O5S. The van der Waals surface area contributed by atoms with Gasteiger partial charge in [-0.05, 0) is 49.8 Å². The molecule has 3 rings (SSSR count). The number of aryl methyl sites for hydroxylation is 1. The number of nitrogens with zero attached hydrogens (tertiary/aromatic N) is 2. The number of nitrogens with one attached hydrogen (secondary N) is 1. The number of hydrogen-bond acceptors (Lipinski definition) is 6. The van der Waals surface area contributed by atoms with Crippen LogP contribution < -0.4 is 10.1 Å². The molecule has 1 aromatic heterocycles. The summed E-state index contributed by atoms with van der Waals surface area (Å²) in [5.74, 6) is -0.668. The zero-order chi connectivity index (χ0) is 31.1. The maximum absolute atomic E-state index is 13.4. The van der Waals surface area contributed by atoms with Crippen LogP contribution in [0.1, 0.15) is 63.0 Å². The second-order valence-corrected chi connectivity index (χ2v) is 11.1. The normalized spacial score (nSPS) is 19.4. The van der Waals surface area contributed by atoms with Gasteiger partial charge in [-0.15, -0.1) is 0 Å². The fourth-order valence-corrected chi connectivity index (χ4v) is 5.03. The number of ether oxygens (including phenoxy) is 1. The number of aliphatic hydroxyl groups excluding tert-OH is 1. The Kier molecular flexibility index (Phi) is 12.3. The highest BCUT2D eigenvalue weighted by atomic mass is 35.5. The van der Waals surface area contributed by atoms with E-state index in [-0.39, 0.29) is 52.3 Å². The van der Waals surface area contributed by atoms with Gasteiger partial charge in [0, 0.05) is 24.6 Å². The molecule has 1 fully saturated rings. The van der Waals surface area contributed by atoms with E-state index in [2.05, 4.69) is 22.1 Å². The molecule has 230 valence electrons. The van der Waals surface area contributed by atoms with E-state index in [0.29, 0.717) is 12.3 Å². The third-order valence-corrected chi connectivity index (χ3v) is 7.44. The van der Waals surface area contributed by atoms with Crippen LogP contribution in [0.15, 0.2) is 18.2 Å². The lowest BCUT2D eigenvalue weighted by atomic mass is 9.81. The number of halogens is 6. The van der Waals surface area contributed by atoms with Crippen molar-refractivity contribution in [2.75, 3.05) is 6.54 Å². The summed E-state index contributed by atoms with van der Waals surface area (Å²) in [6, 6.07) is 3.86. The van der Waals surface area contributed by atoms with Crippen LogP contribution >= 0.6 is 11.6 Å². The summed E-state index contributed by atoms with van der Waals surface area (Å²) in [4.78, 5) is 12.9. The van der Waals surface area contributed by atoms with Crippen LogP contribution in [0.25, 0.3) is 11.3 Å². The molecule has 0 radical (unpaired) electrons. The molecule has 1 aromatic carbocycles. The molecule has 1 amide bonds. The first-order chi connectivity index (χ1) is 19.1. The number of aliphatic hydroxyl groups is 1. The smallest absolute Gasteiger partial charge is 0.394 e. The van der Waals surface area contributed by atoms with Crippen molar-refractivity contribution < 1.29 is 45.0 Å². The zero-order valence-electron chi connectivity index (χ0n) is 22.9. The SMILES string of the molecule is CCn1nc(C(=O)NC[C@@H]2CC[C@H](C)C[C@H]2O)c(Cl)c1-c1ccc(CC(C)(C)C(F)(F)F)cc1OC(F)F.O=S=O. The summed E-state index contributed by atoms with van der Waals surface area (Å²) in [6.45, 7) is 3.02. The van der Waals surface area contributed by atoms with Crippen LogP contribution in [0.4, 0.5) is 22.0 Å². The van der Waals surface area contributed by atoms with Crippen molar-refractivity contribution in [3.63, 3.8) is 0 Å². The molecule has 0 spiro atoms. The van der Waals surface area contributed by atoms with Crippen molar-refractivity contribution in [2.45, 2.75) is 78.8 Å². The second-order valence-electron chi connectivity index (χ2n) is 10.6. The van der Waals surface area contributed by atoms with Gasteiger partial charge in [-0.2, -0.15) is 35.5 Å². The number of carbonyl (C=O) groups excluding carboxylic acids is 1. The maximum Gasteiger partial charge on any atom is 0.394 e. The number of hydrogen-bond donors (Lipinski definition) is 2. The first-order valence-corrected chi connectivity index (χ1v) is 13.9. The van der Waals surface area contributed by atoms with Crippen molar-refractivity contribution in [1.82, 2.24) is 15.1 Å². The number of benzene rings is 1. The molecule has 1 heterocycles. The van der Waals surface area contributed by atoms with Gasteiger partial charge in [-0.1, -0.05) is 44.9 Å². The summed E-state index contributed by atoms with van der Waals surface area (Å²) in [6.07, 6.45) is -3.15. The predicted molar refractivity (Wildman–Crippen MR) is 142 cm³/mol. The van der Waals surface area contributed by atoms with E-state index in [4.69, 9.17) is 20.0 Å². The van der Waals surface area contributed by atoms with Crippen molar-refractivity contribution in [3.8, 4) is 17.0 Å². The van der Waals surface area contributed by atoms with Crippen LogP contribution in [0.5, 0.6) is 5.75 Å². The monoisotopic (exact) mass is 629 g/mol. The van der Waals surface area contributed by atoms with Gasteiger partial charge in [0.05, 0.1) is 22.2 Å². The van der Waals surface area contributed by atoms with Gasteiger partial charge >= 0.3 is 24.4 Å². The van der Waals surface area contributed by atoms with Gasteiger partial charge in [-0.3, -0.25) is 9.48 Å². The van der Waals surface area contributed by atoms with E-state index in [9.17, 15) is 31.9 Å². The molecule has 2 aromatic rings. The summed E-state index contributed by atoms with van der Waals surface area (Å²) < 4.78 is 89.3. The Labute approximate surface area is 243 Å². The second kappa shape index (κ2) is 14.5. The first-order valence-electron chi connectivity index (χ1n) is 12.8. The topological polar surface area (TPSA) is 111 Å². The molecule has 1 aliphatic carbocycles. The number of alkyl halides is 5. The minimum atomic E-state index is -4.51. The molecule has 0 bridgehead atoms. The van der Waals surface area contributed by atoms with Crippen molar-refractivity contribution >= 4 is 29.1 Å². The lowest BCUT2D eigenvalue weighted by Gasteiger charge is -2.31. The Balaban J connectivity index is 0.00000187. The molecule has 15 heteroatoms. The average molecular weight is 630 g/mol. The third kappa shape index (κ3) is 8.95. The summed E-state index contributed by atoms with van der Waals surface area (Å²) >= 11 is 5.79. The Bertz CT molecular complexity index is 1230. The Morgan fingerprint density at radius 3 is 2.44 bits per heavy atom. The Morgan fingerprint density at radius 2 is 1.90 bits per heavy atom. The Hall–Kier alpha value is -2.58. The van der Waals surface area contributed by atoms with Crippen LogP contribution in [0.2, 0.25) is 5.02 Å². The van der Waals surface area contributed by atoms with Crippen molar-refractivity contribution in [1.29, 1.82) is 0 Å². The highest BCUT2D eigenvalue weighted by Gasteiger charge is 2.47.